The van der Waals surface area contributed by atoms with Crippen LogP contribution in [0.2, 0.25) is 10.0 Å². The standard InChI is InChI=1S/C40H47Cl2F2N5O/c1-8-22(2)33(43)11-9-10-23(3)32(21-48-40(50)27-16-24(4)38(45)28(17-27)20-47-29-12-13-29)35-18-31(25(5)19-46-7)26(6)39(49-35)30-14-15-34(44)37(42)36(30)41/h9-11,14-18,20,22,25,29,32,46H,3,8,12-13,19,21,45H2,1-2,4-7H3,(H,48,50)/b10-9-,33-11+,47-20?. The number of allylic oxidation sites excluding steroid dienone is 4. The topological polar surface area (TPSA) is 92.4 Å². The number of aromatic nitrogens is 1. The van der Waals surface area contributed by atoms with Crippen molar-refractivity contribution in [3.05, 3.63) is 116 Å². The summed E-state index contributed by atoms with van der Waals surface area (Å²) in [4.78, 5) is 23.3. The molecule has 50 heavy (non-hydrogen) atoms. The monoisotopic (exact) mass is 721 g/mol. The predicted octanol–water partition coefficient (Wildman–Crippen LogP) is 9.82. The first-order valence-corrected chi connectivity index (χ1v) is 17.8. The fraction of sp³-hybridized carbons (Fsp3) is 0.375. The molecule has 6 nitrogen and oxygen atoms in total. The second-order valence-corrected chi connectivity index (χ2v) is 13.9. The number of halogens is 4. The molecule has 0 radical (unpaired) electrons. The molecule has 1 saturated carbocycles. The van der Waals surface area contributed by atoms with Gasteiger partial charge in [-0.15, -0.1) is 0 Å². The highest BCUT2D eigenvalue weighted by atomic mass is 35.5. The summed E-state index contributed by atoms with van der Waals surface area (Å²) in [5.41, 5.74) is 12.9. The Morgan fingerprint density at radius 1 is 1.16 bits per heavy atom. The quantitative estimate of drug-likeness (QED) is 0.0631. The predicted molar refractivity (Wildman–Crippen MR) is 205 cm³/mol. The van der Waals surface area contributed by atoms with Crippen LogP contribution in [0, 0.1) is 25.6 Å². The van der Waals surface area contributed by atoms with Gasteiger partial charge in [-0.1, -0.05) is 62.7 Å². The molecule has 3 unspecified atom stereocenters. The molecule has 0 bridgehead atoms. The van der Waals surface area contributed by atoms with Crippen LogP contribution in [0.3, 0.4) is 0 Å². The van der Waals surface area contributed by atoms with Crippen LogP contribution < -0.4 is 16.4 Å². The summed E-state index contributed by atoms with van der Waals surface area (Å²) in [6, 6.07) is 8.65. The molecular weight excluding hydrogens is 675 g/mol. The Kier molecular flexibility index (Phi) is 13.5. The van der Waals surface area contributed by atoms with Gasteiger partial charge in [0.25, 0.3) is 5.91 Å². The van der Waals surface area contributed by atoms with Gasteiger partial charge in [0.05, 0.1) is 27.5 Å². The van der Waals surface area contributed by atoms with Crippen LogP contribution in [0.4, 0.5) is 14.5 Å². The Morgan fingerprint density at radius 2 is 1.88 bits per heavy atom. The van der Waals surface area contributed by atoms with Crippen LogP contribution >= 0.6 is 23.2 Å². The largest absolute Gasteiger partial charge is 0.398 e. The summed E-state index contributed by atoms with van der Waals surface area (Å²) < 4.78 is 29.0. The molecule has 0 aliphatic heterocycles. The van der Waals surface area contributed by atoms with Gasteiger partial charge in [-0.3, -0.25) is 14.8 Å². The van der Waals surface area contributed by atoms with Crippen LogP contribution in [-0.4, -0.2) is 43.3 Å². The van der Waals surface area contributed by atoms with E-state index in [1.807, 2.05) is 40.8 Å². The summed E-state index contributed by atoms with van der Waals surface area (Å²) in [7, 11) is 1.88. The van der Waals surface area contributed by atoms with Gasteiger partial charge in [0.15, 0.2) is 0 Å². The number of likely N-dealkylation sites (N-methyl/N-ethyl adjacent to an activating group) is 1. The highest BCUT2D eigenvalue weighted by molar-refractivity contribution is 6.43. The van der Waals surface area contributed by atoms with Crippen molar-refractivity contribution in [1.29, 1.82) is 0 Å². The maximum Gasteiger partial charge on any atom is 0.251 e. The number of rotatable bonds is 15. The van der Waals surface area contributed by atoms with E-state index < -0.39 is 11.7 Å². The van der Waals surface area contributed by atoms with Gasteiger partial charge in [-0.05, 0) is 105 Å². The third-order valence-corrected chi connectivity index (χ3v) is 10.1. The first-order chi connectivity index (χ1) is 23.8. The average Bonchev–Trinajstić information content (AvgIpc) is 3.92. The molecule has 1 heterocycles. The summed E-state index contributed by atoms with van der Waals surface area (Å²) in [5.74, 6) is -1.86. The second kappa shape index (κ2) is 17.4. The number of carbonyl (C=O) groups excluding carboxylic acids is 1. The number of aryl methyl sites for hydroxylation is 1. The van der Waals surface area contributed by atoms with Gasteiger partial charge < -0.3 is 16.4 Å². The van der Waals surface area contributed by atoms with Crippen molar-refractivity contribution in [2.45, 2.75) is 71.8 Å². The van der Waals surface area contributed by atoms with E-state index in [4.69, 9.17) is 33.9 Å². The van der Waals surface area contributed by atoms with Crippen molar-refractivity contribution in [3.63, 3.8) is 0 Å². The van der Waals surface area contributed by atoms with E-state index in [9.17, 15) is 13.6 Å². The number of carbonyl (C=O) groups is 1. The van der Waals surface area contributed by atoms with Crippen molar-refractivity contribution in [1.82, 2.24) is 15.6 Å². The van der Waals surface area contributed by atoms with E-state index >= 15 is 0 Å². The Bertz CT molecular complexity index is 1830. The molecule has 2 aromatic carbocycles. The number of nitrogen functional groups attached to an aromatic ring is 1. The fourth-order valence-corrected chi connectivity index (χ4v) is 6.07. The lowest BCUT2D eigenvalue weighted by Crippen LogP contribution is -2.30. The summed E-state index contributed by atoms with van der Waals surface area (Å²) in [5, 5.41) is 6.17. The smallest absolute Gasteiger partial charge is 0.251 e. The lowest BCUT2D eigenvalue weighted by molar-refractivity contribution is 0.0952. The molecule has 1 fully saturated rings. The SMILES string of the molecule is C=C(/C=C\C=C(\F)C(C)CC)C(CNC(=O)c1cc(C)c(N)c(C=NC2CC2)c1)c1cc(C(C)CNC)c(C)c(-c2ccc(F)c(Cl)c2Cl)n1. The first kappa shape index (κ1) is 38.9. The molecule has 1 aliphatic carbocycles. The number of nitrogens with zero attached hydrogens (tertiary/aromatic N) is 2. The maximum atomic E-state index is 14.6. The minimum atomic E-state index is -0.630. The van der Waals surface area contributed by atoms with E-state index in [1.165, 1.54) is 12.1 Å². The average molecular weight is 723 g/mol. The molecule has 1 aromatic heterocycles. The van der Waals surface area contributed by atoms with Crippen LogP contribution in [0.15, 0.2) is 71.5 Å². The van der Waals surface area contributed by atoms with Crippen LogP contribution in [0.25, 0.3) is 11.3 Å². The number of nitrogens with one attached hydrogen (secondary N) is 2. The van der Waals surface area contributed by atoms with E-state index in [-0.39, 0.29) is 40.2 Å². The molecular formula is C40H47Cl2F2N5O. The van der Waals surface area contributed by atoms with Gasteiger partial charge in [-0.2, -0.15) is 0 Å². The number of anilines is 1. The Morgan fingerprint density at radius 3 is 2.54 bits per heavy atom. The van der Waals surface area contributed by atoms with Gasteiger partial charge in [-0.25, -0.2) is 8.78 Å². The van der Waals surface area contributed by atoms with Crippen LogP contribution in [0.5, 0.6) is 0 Å². The van der Waals surface area contributed by atoms with E-state index in [0.717, 1.165) is 29.5 Å². The highest BCUT2D eigenvalue weighted by Gasteiger charge is 2.25. The number of amides is 1. The number of benzene rings is 2. The number of nitrogens with two attached hydrogens (primary N) is 1. The lowest BCUT2D eigenvalue weighted by Gasteiger charge is -2.24. The highest BCUT2D eigenvalue weighted by Crippen LogP contribution is 2.39. The van der Waals surface area contributed by atoms with E-state index in [0.29, 0.717) is 58.3 Å². The number of pyridine rings is 1. The summed E-state index contributed by atoms with van der Waals surface area (Å²) >= 11 is 12.9. The molecule has 1 amide bonds. The van der Waals surface area contributed by atoms with Gasteiger partial charge in [0, 0.05) is 53.5 Å². The minimum Gasteiger partial charge on any atom is -0.398 e. The summed E-state index contributed by atoms with van der Waals surface area (Å²) in [6.45, 7) is 14.8. The third-order valence-electron chi connectivity index (χ3n) is 9.24. The van der Waals surface area contributed by atoms with Gasteiger partial charge >= 0.3 is 0 Å². The van der Waals surface area contributed by atoms with Crippen molar-refractivity contribution in [2.24, 2.45) is 10.9 Å². The van der Waals surface area contributed by atoms with Crippen LogP contribution in [0.1, 0.15) is 90.2 Å². The zero-order valence-corrected chi connectivity index (χ0v) is 31.2. The number of aliphatic imine (C=N–C) groups is 1. The second-order valence-electron chi connectivity index (χ2n) is 13.2. The maximum absolute atomic E-state index is 14.6. The zero-order chi connectivity index (χ0) is 36.7. The van der Waals surface area contributed by atoms with Crippen molar-refractivity contribution in [2.75, 3.05) is 25.9 Å². The first-order valence-electron chi connectivity index (χ1n) is 17.0. The van der Waals surface area contributed by atoms with E-state index in [2.05, 4.69) is 29.1 Å². The Labute approximate surface area is 305 Å². The molecule has 4 rings (SSSR count). The van der Waals surface area contributed by atoms with Gasteiger partial charge in [0.2, 0.25) is 0 Å². The molecule has 266 valence electrons. The van der Waals surface area contributed by atoms with E-state index in [1.54, 1.807) is 36.6 Å². The molecule has 3 aromatic rings. The lowest BCUT2D eigenvalue weighted by atomic mass is 9.88. The molecule has 10 heteroatoms. The molecule has 1 aliphatic rings. The van der Waals surface area contributed by atoms with Gasteiger partial charge in [0.1, 0.15) is 11.6 Å². The number of hydrogen-bond donors (Lipinski definition) is 3. The normalized spacial score (nSPS) is 15.4. The summed E-state index contributed by atoms with van der Waals surface area (Å²) in [6.07, 6.45) is 9.33. The molecule has 4 N–H and O–H groups in total. The van der Waals surface area contributed by atoms with Crippen molar-refractivity contribution in [3.8, 4) is 11.3 Å². The van der Waals surface area contributed by atoms with Crippen molar-refractivity contribution < 1.29 is 13.6 Å². The number of hydrogen-bond acceptors (Lipinski definition) is 5. The van der Waals surface area contributed by atoms with Crippen molar-refractivity contribution >= 4 is 41.0 Å². The zero-order valence-electron chi connectivity index (χ0n) is 29.6. The molecule has 0 saturated heterocycles. The molecule has 0 spiro atoms. The fourth-order valence-electron chi connectivity index (χ4n) is 5.66. The molecule has 3 atom stereocenters. The Hall–Kier alpha value is -3.85. The third kappa shape index (κ3) is 9.47. The minimum absolute atomic E-state index is 0.0512. The Balaban J connectivity index is 1.79. The van der Waals surface area contributed by atoms with Crippen LogP contribution in [-0.2, 0) is 0 Å².